The summed E-state index contributed by atoms with van der Waals surface area (Å²) in [6.07, 6.45) is 2.01. The van der Waals surface area contributed by atoms with Crippen molar-refractivity contribution in [1.82, 2.24) is 0 Å². The number of nitrogens with two attached hydrogens (primary N) is 1. The molecule has 0 heterocycles. The van der Waals surface area contributed by atoms with Gasteiger partial charge >= 0.3 is 0 Å². The molecule has 0 bridgehead atoms. The molecule has 0 aliphatic heterocycles. The summed E-state index contributed by atoms with van der Waals surface area (Å²) in [5, 5.41) is 3.21. The average molecular weight is 287 g/mol. The van der Waals surface area contributed by atoms with Crippen molar-refractivity contribution in [3.05, 3.63) is 17.2 Å². The Bertz CT molecular complexity index is 438. The molecular formula is C13H19ClN2O3. The van der Waals surface area contributed by atoms with Crippen LogP contribution in [-0.4, -0.2) is 26.7 Å². The molecule has 1 amide bonds. The summed E-state index contributed by atoms with van der Waals surface area (Å²) < 4.78 is 10.3. The van der Waals surface area contributed by atoms with Crippen molar-refractivity contribution < 1.29 is 14.3 Å². The molecule has 19 heavy (non-hydrogen) atoms. The molecule has 106 valence electrons. The summed E-state index contributed by atoms with van der Waals surface area (Å²) in [6, 6.07) is 3.25. The SMILES string of the molecule is COc1cc(NC(=O)CCCCN)c(OC)cc1Cl. The molecule has 1 rings (SSSR count). The maximum Gasteiger partial charge on any atom is 0.224 e. The topological polar surface area (TPSA) is 73.6 Å². The van der Waals surface area contributed by atoms with Crippen molar-refractivity contribution in [3.8, 4) is 11.5 Å². The minimum atomic E-state index is -0.0869. The van der Waals surface area contributed by atoms with E-state index in [2.05, 4.69) is 5.32 Å². The standard InChI is InChI=1S/C13H19ClN2O3/c1-18-11-8-10(12(19-2)7-9(11)14)16-13(17)5-3-4-6-15/h7-8H,3-6,15H2,1-2H3,(H,16,17). The van der Waals surface area contributed by atoms with Crippen molar-refractivity contribution in [1.29, 1.82) is 0 Å². The number of methoxy groups -OCH3 is 2. The Balaban J connectivity index is 2.78. The van der Waals surface area contributed by atoms with Gasteiger partial charge in [-0.15, -0.1) is 0 Å². The number of nitrogens with one attached hydrogen (secondary N) is 1. The molecule has 0 aliphatic rings. The van der Waals surface area contributed by atoms with Gasteiger partial charge in [-0.3, -0.25) is 4.79 Å². The highest BCUT2D eigenvalue weighted by molar-refractivity contribution is 6.32. The number of hydrogen-bond acceptors (Lipinski definition) is 4. The van der Waals surface area contributed by atoms with Gasteiger partial charge < -0.3 is 20.5 Å². The smallest absolute Gasteiger partial charge is 0.224 e. The third-order valence-electron chi connectivity index (χ3n) is 2.61. The fourth-order valence-electron chi connectivity index (χ4n) is 1.60. The van der Waals surface area contributed by atoms with Gasteiger partial charge in [0.25, 0.3) is 0 Å². The highest BCUT2D eigenvalue weighted by atomic mass is 35.5. The first kappa shape index (κ1) is 15.6. The lowest BCUT2D eigenvalue weighted by Crippen LogP contribution is -2.13. The molecule has 5 nitrogen and oxygen atoms in total. The van der Waals surface area contributed by atoms with Gasteiger partial charge in [0.1, 0.15) is 11.5 Å². The van der Waals surface area contributed by atoms with Crippen LogP contribution in [0.1, 0.15) is 19.3 Å². The van der Waals surface area contributed by atoms with E-state index in [9.17, 15) is 4.79 Å². The Labute approximate surface area is 118 Å². The Morgan fingerprint density at radius 2 is 1.95 bits per heavy atom. The number of benzene rings is 1. The molecule has 0 aliphatic carbocycles. The number of carbonyl (C=O) groups is 1. The Kier molecular flexibility index (Phi) is 6.45. The second kappa shape index (κ2) is 7.86. The van der Waals surface area contributed by atoms with E-state index in [1.807, 2.05) is 0 Å². The first-order chi connectivity index (χ1) is 9.12. The molecule has 1 aromatic rings. The molecule has 0 saturated heterocycles. The summed E-state index contributed by atoms with van der Waals surface area (Å²) in [5.74, 6) is 0.897. The van der Waals surface area contributed by atoms with E-state index < -0.39 is 0 Å². The number of hydrogen-bond donors (Lipinski definition) is 2. The zero-order valence-corrected chi connectivity index (χ0v) is 11.9. The maximum absolute atomic E-state index is 11.8. The zero-order chi connectivity index (χ0) is 14.3. The minimum absolute atomic E-state index is 0.0869. The van der Waals surface area contributed by atoms with E-state index >= 15 is 0 Å². The lowest BCUT2D eigenvalue weighted by molar-refractivity contribution is -0.116. The van der Waals surface area contributed by atoms with E-state index in [1.54, 1.807) is 12.1 Å². The van der Waals surface area contributed by atoms with Gasteiger partial charge in [0.15, 0.2) is 0 Å². The Hall–Kier alpha value is -1.46. The van der Waals surface area contributed by atoms with Gasteiger partial charge in [-0.1, -0.05) is 11.6 Å². The van der Waals surface area contributed by atoms with E-state index in [0.29, 0.717) is 35.2 Å². The lowest BCUT2D eigenvalue weighted by atomic mass is 10.2. The van der Waals surface area contributed by atoms with Crippen LogP contribution in [0.15, 0.2) is 12.1 Å². The first-order valence-corrected chi connectivity index (χ1v) is 6.41. The van der Waals surface area contributed by atoms with Crippen LogP contribution in [0, 0.1) is 0 Å². The summed E-state index contributed by atoms with van der Waals surface area (Å²) in [6.45, 7) is 0.589. The van der Waals surface area contributed by atoms with Crippen LogP contribution in [0.5, 0.6) is 11.5 Å². The zero-order valence-electron chi connectivity index (χ0n) is 11.2. The summed E-state index contributed by atoms with van der Waals surface area (Å²) in [5.41, 5.74) is 5.93. The quantitative estimate of drug-likeness (QED) is 0.755. The van der Waals surface area contributed by atoms with Gasteiger partial charge in [0.05, 0.1) is 24.9 Å². The van der Waals surface area contributed by atoms with Crippen LogP contribution in [0.4, 0.5) is 5.69 Å². The third kappa shape index (κ3) is 4.61. The number of unbranched alkanes of at least 4 members (excludes halogenated alkanes) is 1. The Morgan fingerprint density at radius 3 is 2.53 bits per heavy atom. The molecule has 0 saturated carbocycles. The number of anilines is 1. The lowest BCUT2D eigenvalue weighted by Gasteiger charge is -2.13. The van der Waals surface area contributed by atoms with Crippen LogP contribution >= 0.6 is 11.6 Å². The summed E-state index contributed by atoms with van der Waals surface area (Å²) >= 11 is 5.99. The minimum Gasteiger partial charge on any atom is -0.495 e. The highest BCUT2D eigenvalue weighted by Gasteiger charge is 2.12. The normalized spacial score (nSPS) is 10.1. The van der Waals surface area contributed by atoms with Gasteiger partial charge in [-0.25, -0.2) is 0 Å². The molecular weight excluding hydrogens is 268 g/mol. The number of ether oxygens (including phenoxy) is 2. The number of halogens is 1. The number of rotatable bonds is 7. The van der Waals surface area contributed by atoms with Gasteiger partial charge in [0, 0.05) is 18.6 Å². The van der Waals surface area contributed by atoms with Crippen molar-refractivity contribution in [2.45, 2.75) is 19.3 Å². The molecule has 0 unspecified atom stereocenters. The van der Waals surface area contributed by atoms with Crippen LogP contribution in [0.2, 0.25) is 5.02 Å². The Morgan fingerprint density at radius 1 is 1.26 bits per heavy atom. The number of carbonyl (C=O) groups excluding carboxylic acids is 1. The van der Waals surface area contributed by atoms with Crippen LogP contribution in [0.25, 0.3) is 0 Å². The molecule has 0 fully saturated rings. The monoisotopic (exact) mass is 286 g/mol. The van der Waals surface area contributed by atoms with Crippen molar-refractivity contribution in [2.24, 2.45) is 5.73 Å². The van der Waals surface area contributed by atoms with Gasteiger partial charge in [0.2, 0.25) is 5.91 Å². The fourth-order valence-corrected chi connectivity index (χ4v) is 1.83. The average Bonchev–Trinajstić information content (AvgIpc) is 2.40. The van der Waals surface area contributed by atoms with E-state index in [-0.39, 0.29) is 5.91 Å². The summed E-state index contributed by atoms with van der Waals surface area (Å²) in [4.78, 5) is 11.8. The van der Waals surface area contributed by atoms with Gasteiger partial charge in [-0.05, 0) is 19.4 Å². The number of amides is 1. The summed E-state index contributed by atoms with van der Waals surface area (Å²) in [7, 11) is 3.03. The van der Waals surface area contributed by atoms with Crippen LogP contribution in [-0.2, 0) is 4.79 Å². The molecule has 1 aromatic carbocycles. The molecule has 0 aromatic heterocycles. The highest BCUT2D eigenvalue weighted by Crippen LogP contribution is 2.35. The predicted octanol–water partition coefficient (Wildman–Crippen LogP) is 2.42. The van der Waals surface area contributed by atoms with Crippen LogP contribution < -0.4 is 20.5 Å². The molecule has 6 heteroatoms. The van der Waals surface area contributed by atoms with Crippen molar-refractivity contribution in [3.63, 3.8) is 0 Å². The fraction of sp³-hybridized carbons (Fsp3) is 0.462. The first-order valence-electron chi connectivity index (χ1n) is 6.03. The van der Waals surface area contributed by atoms with Crippen LogP contribution in [0.3, 0.4) is 0 Å². The van der Waals surface area contributed by atoms with E-state index in [1.165, 1.54) is 14.2 Å². The molecule has 0 radical (unpaired) electrons. The second-order valence-electron chi connectivity index (χ2n) is 3.98. The predicted molar refractivity (Wildman–Crippen MR) is 76.1 cm³/mol. The second-order valence-corrected chi connectivity index (χ2v) is 4.39. The molecule has 3 N–H and O–H groups in total. The maximum atomic E-state index is 11.8. The van der Waals surface area contributed by atoms with E-state index in [0.717, 1.165) is 12.8 Å². The van der Waals surface area contributed by atoms with Gasteiger partial charge in [-0.2, -0.15) is 0 Å². The van der Waals surface area contributed by atoms with Crippen molar-refractivity contribution in [2.75, 3.05) is 26.1 Å². The molecule has 0 spiro atoms. The van der Waals surface area contributed by atoms with Crippen molar-refractivity contribution >= 4 is 23.2 Å². The van der Waals surface area contributed by atoms with E-state index in [4.69, 9.17) is 26.8 Å². The third-order valence-corrected chi connectivity index (χ3v) is 2.90. The molecule has 0 atom stereocenters. The largest absolute Gasteiger partial charge is 0.495 e.